The SMILES string of the molecule is CC1(C)[C@@H]2C=C[C@@H](C2)[C@@H]1C(=O)N1C(=O)O[C@@H]2Cc3ccccc3[C@@H]21. The zero-order valence-electron chi connectivity index (χ0n) is 13.9. The minimum Gasteiger partial charge on any atom is -0.443 e. The van der Waals surface area contributed by atoms with Gasteiger partial charge in [-0.15, -0.1) is 0 Å². The summed E-state index contributed by atoms with van der Waals surface area (Å²) < 4.78 is 5.56. The normalized spacial score (nSPS) is 37.5. The van der Waals surface area contributed by atoms with Gasteiger partial charge in [-0.2, -0.15) is 0 Å². The Bertz CT molecular complexity index is 781. The third kappa shape index (κ3) is 1.64. The van der Waals surface area contributed by atoms with Crippen LogP contribution >= 0.6 is 0 Å². The fourth-order valence-electron chi connectivity index (χ4n) is 5.44. The van der Waals surface area contributed by atoms with Crippen LogP contribution in [0.1, 0.15) is 37.4 Å². The van der Waals surface area contributed by atoms with Crippen molar-refractivity contribution < 1.29 is 14.3 Å². The molecule has 0 N–H and O–H groups in total. The summed E-state index contributed by atoms with van der Waals surface area (Å²) in [6.45, 7) is 4.32. The average Bonchev–Trinajstić information content (AvgIpc) is 3.24. The van der Waals surface area contributed by atoms with Crippen LogP contribution in [0, 0.1) is 23.2 Å². The second-order valence-electron chi connectivity index (χ2n) is 8.17. The lowest BCUT2D eigenvalue weighted by Crippen LogP contribution is -2.45. The maximum atomic E-state index is 13.4. The zero-order chi connectivity index (χ0) is 16.6. The Morgan fingerprint density at radius 3 is 2.79 bits per heavy atom. The van der Waals surface area contributed by atoms with Gasteiger partial charge in [0.2, 0.25) is 5.91 Å². The van der Waals surface area contributed by atoms with Crippen LogP contribution in [-0.4, -0.2) is 23.0 Å². The van der Waals surface area contributed by atoms with Crippen LogP contribution in [0.3, 0.4) is 0 Å². The van der Waals surface area contributed by atoms with Gasteiger partial charge in [0, 0.05) is 6.42 Å². The van der Waals surface area contributed by atoms with Crippen molar-refractivity contribution in [2.45, 2.75) is 38.8 Å². The maximum Gasteiger partial charge on any atom is 0.417 e. The van der Waals surface area contributed by atoms with Crippen LogP contribution in [0.2, 0.25) is 0 Å². The van der Waals surface area contributed by atoms with Gasteiger partial charge in [0.1, 0.15) is 12.1 Å². The summed E-state index contributed by atoms with van der Waals surface area (Å²) in [4.78, 5) is 27.3. The summed E-state index contributed by atoms with van der Waals surface area (Å²) in [7, 11) is 0. The third-order valence-electron chi connectivity index (χ3n) is 6.68. The molecule has 1 heterocycles. The van der Waals surface area contributed by atoms with Gasteiger partial charge < -0.3 is 4.74 Å². The topological polar surface area (TPSA) is 46.6 Å². The minimum absolute atomic E-state index is 0.0500. The molecule has 5 rings (SSSR count). The molecule has 0 spiro atoms. The lowest BCUT2D eigenvalue weighted by Gasteiger charge is -2.36. The Morgan fingerprint density at radius 1 is 1.25 bits per heavy atom. The fourth-order valence-corrected chi connectivity index (χ4v) is 5.44. The molecule has 1 aromatic rings. The molecule has 1 aliphatic heterocycles. The molecule has 0 unspecified atom stereocenters. The second kappa shape index (κ2) is 4.50. The molecule has 0 radical (unpaired) electrons. The first-order chi connectivity index (χ1) is 11.5. The maximum absolute atomic E-state index is 13.4. The van der Waals surface area contributed by atoms with Gasteiger partial charge in [-0.1, -0.05) is 50.3 Å². The molecule has 3 aliphatic carbocycles. The molecule has 0 aromatic heterocycles. The first kappa shape index (κ1) is 14.3. The number of hydrogen-bond donors (Lipinski definition) is 0. The van der Waals surface area contributed by atoms with Gasteiger partial charge >= 0.3 is 6.09 Å². The number of hydrogen-bond acceptors (Lipinski definition) is 3. The van der Waals surface area contributed by atoms with Crippen molar-refractivity contribution in [2.24, 2.45) is 23.2 Å². The Kier molecular flexibility index (Phi) is 2.67. The quantitative estimate of drug-likeness (QED) is 0.743. The van der Waals surface area contributed by atoms with E-state index in [1.165, 1.54) is 10.5 Å². The van der Waals surface area contributed by atoms with Crippen molar-refractivity contribution in [1.82, 2.24) is 4.90 Å². The number of allylic oxidation sites excluding steroid dienone is 2. The molecule has 5 atom stereocenters. The van der Waals surface area contributed by atoms with Crippen LogP contribution in [0.15, 0.2) is 36.4 Å². The monoisotopic (exact) mass is 323 g/mol. The molecule has 2 fully saturated rings. The summed E-state index contributed by atoms with van der Waals surface area (Å²) in [6, 6.07) is 7.80. The number of rotatable bonds is 1. The molecule has 124 valence electrons. The molecule has 2 bridgehead atoms. The van der Waals surface area contributed by atoms with Gasteiger partial charge in [0.15, 0.2) is 0 Å². The largest absolute Gasteiger partial charge is 0.443 e. The highest BCUT2D eigenvalue weighted by molar-refractivity contribution is 5.96. The predicted octanol–water partition coefficient (Wildman–Crippen LogP) is 3.48. The van der Waals surface area contributed by atoms with Crippen molar-refractivity contribution in [3.8, 4) is 0 Å². The number of nitrogens with zero attached hydrogens (tertiary/aromatic N) is 1. The van der Waals surface area contributed by atoms with Crippen molar-refractivity contribution in [2.75, 3.05) is 0 Å². The highest BCUT2D eigenvalue weighted by Gasteiger charge is 2.58. The zero-order valence-corrected chi connectivity index (χ0v) is 13.9. The molecule has 1 saturated carbocycles. The Morgan fingerprint density at radius 2 is 2.04 bits per heavy atom. The second-order valence-corrected chi connectivity index (χ2v) is 8.17. The molecule has 1 saturated heterocycles. The lowest BCUT2D eigenvalue weighted by molar-refractivity contribution is -0.138. The molecule has 4 nitrogen and oxygen atoms in total. The van der Waals surface area contributed by atoms with E-state index in [1.807, 2.05) is 18.2 Å². The number of fused-ring (bicyclic) bond motifs is 5. The third-order valence-corrected chi connectivity index (χ3v) is 6.68. The van der Waals surface area contributed by atoms with E-state index < -0.39 is 6.09 Å². The van der Waals surface area contributed by atoms with Gasteiger partial charge in [0.25, 0.3) is 0 Å². The van der Waals surface area contributed by atoms with E-state index in [1.54, 1.807) is 0 Å². The van der Waals surface area contributed by atoms with Gasteiger partial charge in [0.05, 0.1) is 5.92 Å². The molecular weight excluding hydrogens is 302 g/mol. The van der Waals surface area contributed by atoms with Gasteiger partial charge in [-0.3, -0.25) is 4.79 Å². The van der Waals surface area contributed by atoms with Gasteiger partial charge in [-0.25, -0.2) is 9.69 Å². The van der Waals surface area contributed by atoms with E-state index in [4.69, 9.17) is 4.74 Å². The minimum atomic E-state index is -0.466. The standard InChI is InChI=1S/C20H21NO3/c1-20(2)13-8-7-12(9-13)16(20)18(22)21-17-14-6-4-3-5-11(14)10-15(17)24-19(21)23/h3-8,12-13,15-17H,9-10H2,1-2H3/t12-,13+,15+,16+,17-/m0/s1. The van der Waals surface area contributed by atoms with Crippen molar-refractivity contribution in [1.29, 1.82) is 0 Å². The summed E-state index contributed by atoms with van der Waals surface area (Å²) >= 11 is 0. The predicted molar refractivity (Wildman–Crippen MR) is 88.0 cm³/mol. The first-order valence-corrected chi connectivity index (χ1v) is 8.78. The summed E-state index contributed by atoms with van der Waals surface area (Å²) in [5, 5.41) is 0. The number of carbonyl (C=O) groups is 2. The molecule has 2 amide bonds. The van der Waals surface area contributed by atoms with E-state index in [0.717, 1.165) is 12.0 Å². The van der Waals surface area contributed by atoms with E-state index >= 15 is 0 Å². The Labute approximate surface area is 141 Å². The average molecular weight is 323 g/mol. The number of carbonyl (C=O) groups excluding carboxylic acids is 2. The molecule has 24 heavy (non-hydrogen) atoms. The molecule has 4 heteroatoms. The molecule has 1 aromatic carbocycles. The van der Waals surface area contributed by atoms with Crippen LogP contribution in [0.5, 0.6) is 0 Å². The smallest absolute Gasteiger partial charge is 0.417 e. The highest BCUT2D eigenvalue weighted by Crippen LogP contribution is 2.57. The van der Waals surface area contributed by atoms with Crippen LogP contribution in [0.4, 0.5) is 4.79 Å². The summed E-state index contributed by atoms with van der Waals surface area (Å²) in [5.41, 5.74) is 2.15. The molecular formula is C20H21NO3. The lowest BCUT2D eigenvalue weighted by atomic mass is 9.70. The van der Waals surface area contributed by atoms with E-state index in [-0.39, 0.29) is 35.3 Å². The van der Waals surface area contributed by atoms with Crippen molar-refractivity contribution in [3.05, 3.63) is 47.5 Å². The van der Waals surface area contributed by atoms with Crippen LogP contribution < -0.4 is 0 Å². The summed E-state index contributed by atoms with van der Waals surface area (Å²) in [5.74, 6) is 0.500. The highest BCUT2D eigenvalue weighted by atomic mass is 16.6. The van der Waals surface area contributed by atoms with Crippen LogP contribution in [-0.2, 0) is 16.0 Å². The molecule has 4 aliphatic rings. The van der Waals surface area contributed by atoms with Crippen LogP contribution in [0.25, 0.3) is 0 Å². The van der Waals surface area contributed by atoms with Crippen molar-refractivity contribution >= 4 is 12.0 Å². The number of amides is 2. The number of ether oxygens (including phenoxy) is 1. The number of imide groups is 1. The van der Waals surface area contributed by atoms with E-state index in [2.05, 4.69) is 32.1 Å². The summed E-state index contributed by atoms with van der Waals surface area (Å²) in [6.07, 6.45) is 5.45. The number of benzene rings is 1. The van der Waals surface area contributed by atoms with E-state index in [9.17, 15) is 9.59 Å². The van der Waals surface area contributed by atoms with E-state index in [0.29, 0.717) is 12.3 Å². The van der Waals surface area contributed by atoms with Gasteiger partial charge in [-0.05, 0) is 34.8 Å². The fraction of sp³-hybridized carbons (Fsp3) is 0.500. The Hall–Kier alpha value is -2.10. The van der Waals surface area contributed by atoms with Crippen molar-refractivity contribution in [3.63, 3.8) is 0 Å². The first-order valence-electron chi connectivity index (χ1n) is 8.78. The Balaban J connectivity index is 1.53.